The normalized spacial score (nSPS) is 19.1. The van der Waals surface area contributed by atoms with E-state index in [1.807, 2.05) is 0 Å². The van der Waals surface area contributed by atoms with Crippen molar-refractivity contribution in [2.24, 2.45) is 0 Å². The summed E-state index contributed by atoms with van der Waals surface area (Å²) in [5, 5.41) is 3.26. The number of halogens is 1. The number of piperazine rings is 1. The highest BCUT2D eigenvalue weighted by atomic mass is 35.5. The number of aromatic nitrogens is 1. The first-order valence-electron chi connectivity index (χ1n) is 5.75. The van der Waals surface area contributed by atoms with Gasteiger partial charge in [-0.15, -0.1) is 22.9 Å². The monoisotopic (exact) mass is 259 g/mol. The topological polar surface area (TPSA) is 19.4 Å². The summed E-state index contributed by atoms with van der Waals surface area (Å²) in [6, 6.07) is 0. The first-order valence-corrected chi connectivity index (χ1v) is 7.17. The number of alkyl halides is 1. The molecular weight excluding hydrogens is 242 g/mol. The van der Waals surface area contributed by atoms with Gasteiger partial charge >= 0.3 is 0 Å². The molecule has 0 spiro atoms. The molecule has 0 bridgehead atoms. The predicted molar refractivity (Wildman–Crippen MR) is 69.1 cm³/mol. The molecule has 1 aliphatic rings. The number of thiazole rings is 1. The van der Waals surface area contributed by atoms with Gasteiger partial charge in [0.2, 0.25) is 0 Å². The molecule has 90 valence electrons. The minimum absolute atomic E-state index is 0.528. The number of nitrogens with zero attached hydrogens (tertiary/aromatic N) is 3. The molecule has 0 amide bonds. The van der Waals surface area contributed by atoms with Crippen LogP contribution in [0.1, 0.15) is 17.6 Å². The summed E-state index contributed by atoms with van der Waals surface area (Å²) in [6.45, 7) is 9.06. The Morgan fingerprint density at radius 1 is 1.31 bits per heavy atom. The van der Waals surface area contributed by atoms with Crippen LogP contribution in [0.4, 0.5) is 0 Å². The van der Waals surface area contributed by atoms with Crippen molar-refractivity contribution < 1.29 is 0 Å². The quantitative estimate of drug-likeness (QED) is 0.772. The maximum absolute atomic E-state index is 5.74. The fourth-order valence-electron chi connectivity index (χ4n) is 1.94. The Kier molecular flexibility index (Phi) is 4.58. The standard InChI is InChI=1S/C11H18ClN3S/c1-2-14-3-5-15(6-4-14)8-11-13-10(7-12)9-16-11/h9H,2-8H2,1H3. The second-order valence-corrected chi connectivity index (χ2v) is 5.29. The summed E-state index contributed by atoms with van der Waals surface area (Å²) in [4.78, 5) is 9.46. The van der Waals surface area contributed by atoms with Crippen LogP contribution in [-0.2, 0) is 12.4 Å². The Hall–Kier alpha value is -0.160. The van der Waals surface area contributed by atoms with Crippen molar-refractivity contribution in [1.82, 2.24) is 14.8 Å². The second kappa shape index (κ2) is 5.96. The van der Waals surface area contributed by atoms with Crippen LogP contribution in [0, 0.1) is 0 Å². The Balaban J connectivity index is 1.82. The zero-order chi connectivity index (χ0) is 11.4. The molecule has 1 aromatic heterocycles. The highest BCUT2D eigenvalue weighted by Crippen LogP contribution is 2.14. The van der Waals surface area contributed by atoms with E-state index in [2.05, 4.69) is 27.1 Å². The maximum Gasteiger partial charge on any atom is 0.107 e. The fraction of sp³-hybridized carbons (Fsp3) is 0.727. The number of hydrogen-bond acceptors (Lipinski definition) is 4. The Morgan fingerprint density at radius 3 is 2.56 bits per heavy atom. The molecule has 0 radical (unpaired) electrons. The molecule has 5 heteroatoms. The summed E-state index contributed by atoms with van der Waals surface area (Å²) in [6.07, 6.45) is 0. The van der Waals surface area contributed by atoms with Gasteiger partial charge in [-0.2, -0.15) is 0 Å². The van der Waals surface area contributed by atoms with Crippen LogP contribution in [0.25, 0.3) is 0 Å². The van der Waals surface area contributed by atoms with Crippen LogP contribution in [0.2, 0.25) is 0 Å². The molecule has 1 fully saturated rings. The van der Waals surface area contributed by atoms with E-state index in [0.29, 0.717) is 5.88 Å². The van der Waals surface area contributed by atoms with E-state index in [-0.39, 0.29) is 0 Å². The molecule has 0 N–H and O–H groups in total. The van der Waals surface area contributed by atoms with Crippen molar-refractivity contribution in [3.05, 3.63) is 16.1 Å². The van der Waals surface area contributed by atoms with Crippen LogP contribution >= 0.6 is 22.9 Å². The third-order valence-corrected chi connectivity index (χ3v) is 4.16. The third kappa shape index (κ3) is 3.17. The maximum atomic E-state index is 5.74. The molecule has 2 heterocycles. The van der Waals surface area contributed by atoms with E-state index in [1.165, 1.54) is 24.6 Å². The zero-order valence-corrected chi connectivity index (χ0v) is 11.2. The SMILES string of the molecule is CCN1CCN(Cc2nc(CCl)cs2)CC1. The molecule has 0 unspecified atom stereocenters. The lowest BCUT2D eigenvalue weighted by Crippen LogP contribution is -2.45. The summed E-state index contributed by atoms with van der Waals surface area (Å²) in [5.74, 6) is 0.528. The minimum atomic E-state index is 0.528. The largest absolute Gasteiger partial charge is 0.301 e. The van der Waals surface area contributed by atoms with Gasteiger partial charge in [0.05, 0.1) is 18.1 Å². The van der Waals surface area contributed by atoms with Gasteiger partial charge in [0.15, 0.2) is 0 Å². The lowest BCUT2D eigenvalue weighted by molar-refractivity contribution is 0.132. The van der Waals surface area contributed by atoms with Crippen LogP contribution in [0.5, 0.6) is 0 Å². The molecule has 1 saturated heterocycles. The Labute approximate surface area is 106 Å². The summed E-state index contributed by atoms with van der Waals surface area (Å²) in [5.41, 5.74) is 1.01. The van der Waals surface area contributed by atoms with Gasteiger partial charge in [-0.25, -0.2) is 4.98 Å². The van der Waals surface area contributed by atoms with Gasteiger partial charge in [-0.1, -0.05) is 6.92 Å². The van der Waals surface area contributed by atoms with E-state index in [0.717, 1.165) is 25.3 Å². The molecule has 3 nitrogen and oxygen atoms in total. The molecule has 0 aromatic carbocycles. The molecule has 1 aliphatic heterocycles. The number of likely N-dealkylation sites (N-methyl/N-ethyl adjacent to an activating group) is 1. The first kappa shape index (κ1) is 12.3. The molecule has 2 rings (SSSR count). The van der Waals surface area contributed by atoms with Crippen molar-refractivity contribution in [1.29, 1.82) is 0 Å². The summed E-state index contributed by atoms with van der Waals surface area (Å²) >= 11 is 7.47. The van der Waals surface area contributed by atoms with Crippen LogP contribution in [-0.4, -0.2) is 47.5 Å². The summed E-state index contributed by atoms with van der Waals surface area (Å²) < 4.78 is 0. The van der Waals surface area contributed by atoms with E-state index >= 15 is 0 Å². The predicted octanol–water partition coefficient (Wildman–Crippen LogP) is 2.02. The number of rotatable bonds is 4. The summed E-state index contributed by atoms with van der Waals surface area (Å²) in [7, 11) is 0. The van der Waals surface area contributed by atoms with E-state index in [9.17, 15) is 0 Å². The zero-order valence-electron chi connectivity index (χ0n) is 9.65. The van der Waals surface area contributed by atoms with Crippen LogP contribution in [0.3, 0.4) is 0 Å². The Bertz CT molecular complexity index is 321. The van der Waals surface area contributed by atoms with Crippen molar-refractivity contribution >= 4 is 22.9 Å². The van der Waals surface area contributed by atoms with Gasteiger partial charge in [-0.3, -0.25) is 4.90 Å². The van der Waals surface area contributed by atoms with Gasteiger partial charge in [-0.05, 0) is 6.54 Å². The van der Waals surface area contributed by atoms with Crippen LogP contribution < -0.4 is 0 Å². The molecule has 1 aromatic rings. The second-order valence-electron chi connectivity index (χ2n) is 4.08. The first-order chi connectivity index (χ1) is 7.81. The van der Waals surface area contributed by atoms with Crippen molar-refractivity contribution in [2.45, 2.75) is 19.3 Å². The van der Waals surface area contributed by atoms with Gasteiger partial charge < -0.3 is 4.90 Å². The molecule has 0 saturated carbocycles. The van der Waals surface area contributed by atoms with E-state index in [4.69, 9.17) is 11.6 Å². The van der Waals surface area contributed by atoms with Gasteiger partial charge in [0, 0.05) is 31.6 Å². The van der Waals surface area contributed by atoms with E-state index < -0.39 is 0 Å². The number of hydrogen-bond donors (Lipinski definition) is 0. The van der Waals surface area contributed by atoms with E-state index in [1.54, 1.807) is 11.3 Å². The van der Waals surface area contributed by atoms with Crippen molar-refractivity contribution in [3.63, 3.8) is 0 Å². The highest BCUT2D eigenvalue weighted by molar-refractivity contribution is 7.09. The molecule has 0 aliphatic carbocycles. The Morgan fingerprint density at radius 2 is 2.00 bits per heavy atom. The van der Waals surface area contributed by atoms with Crippen molar-refractivity contribution in [3.8, 4) is 0 Å². The minimum Gasteiger partial charge on any atom is -0.301 e. The lowest BCUT2D eigenvalue weighted by Gasteiger charge is -2.33. The lowest BCUT2D eigenvalue weighted by atomic mass is 10.3. The fourth-order valence-corrected chi connectivity index (χ4v) is 3.00. The molecule has 0 atom stereocenters. The van der Waals surface area contributed by atoms with Crippen molar-refractivity contribution in [2.75, 3.05) is 32.7 Å². The smallest absolute Gasteiger partial charge is 0.107 e. The molecule has 16 heavy (non-hydrogen) atoms. The molecular formula is C11H18ClN3S. The average Bonchev–Trinajstić information content (AvgIpc) is 2.78. The average molecular weight is 260 g/mol. The van der Waals surface area contributed by atoms with Gasteiger partial charge in [0.25, 0.3) is 0 Å². The third-order valence-electron chi connectivity index (χ3n) is 3.01. The van der Waals surface area contributed by atoms with Crippen LogP contribution in [0.15, 0.2) is 5.38 Å². The highest BCUT2D eigenvalue weighted by Gasteiger charge is 2.16. The van der Waals surface area contributed by atoms with Gasteiger partial charge in [0.1, 0.15) is 5.01 Å².